The lowest BCUT2D eigenvalue weighted by Gasteiger charge is -2.15. The Labute approximate surface area is 290 Å². The van der Waals surface area contributed by atoms with Gasteiger partial charge in [0.15, 0.2) is 11.9 Å². The molecule has 5 aromatic rings. The number of rotatable bonds is 12. The van der Waals surface area contributed by atoms with Gasteiger partial charge >= 0.3 is 0 Å². The second-order valence-corrected chi connectivity index (χ2v) is 14.0. The van der Waals surface area contributed by atoms with E-state index in [4.69, 9.17) is 9.73 Å². The predicted octanol–water partition coefficient (Wildman–Crippen LogP) is 5.82. The van der Waals surface area contributed by atoms with Crippen molar-refractivity contribution < 1.29 is 23.1 Å². The van der Waals surface area contributed by atoms with E-state index in [9.17, 15) is 18.3 Å². The van der Waals surface area contributed by atoms with Gasteiger partial charge in [-0.05, 0) is 117 Å². The lowest BCUT2D eigenvalue weighted by molar-refractivity contribution is -0.122. The third-order valence-corrected chi connectivity index (χ3v) is 9.95. The van der Waals surface area contributed by atoms with Crippen LogP contribution >= 0.6 is 0 Å². The summed E-state index contributed by atoms with van der Waals surface area (Å²) >= 11 is 0. The Balaban J connectivity index is 0.989. The third kappa shape index (κ3) is 7.57. The van der Waals surface area contributed by atoms with E-state index >= 15 is 0 Å². The van der Waals surface area contributed by atoms with Crippen LogP contribution in [0, 0.1) is 0 Å². The first kappa shape index (κ1) is 34.1. The molecule has 1 aliphatic rings. The summed E-state index contributed by atoms with van der Waals surface area (Å²) in [6.07, 6.45) is 1.48. The van der Waals surface area contributed by atoms with Gasteiger partial charge in [0.2, 0.25) is 15.7 Å². The topological polar surface area (TPSA) is 151 Å². The zero-order chi connectivity index (χ0) is 35.4. The second-order valence-electron chi connectivity index (χ2n) is 12.1. The maximum Gasteiger partial charge on any atom is 0.265 e. The molecule has 0 saturated heterocycles. The summed E-state index contributed by atoms with van der Waals surface area (Å²) in [6.45, 7) is 3.54. The average Bonchev–Trinajstić information content (AvgIpc) is 3.64. The van der Waals surface area contributed by atoms with Crippen molar-refractivity contribution in [3.8, 4) is 11.5 Å². The molecule has 1 aromatic heterocycles. The highest BCUT2D eigenvalue weighted by Crippen LogP contribution is 2.26. The number of amides is 1. The van der Waals surface area contributed by atoms with E-state index in [1.807, 2.05) is 74.4 Å². The van der Waals surface area contributed by atoms with Crippen LogP contribution in [-0.4, -0.2) is 65.9 Å². The van der Waals surface area contributed by atoms with Crippen LogP contribution in [0.4, 0.5) is 17.1 Å². The van der Waals surface area contributed by atoms with Crippen LogP contribution in [0.1, 0.15) is 37.5 Å². The Morgan fingerprint density at radius 2 is 1.54 bits per heavy atom. The van der Waals surface area contributed by atoms with Crippen LogP contribution in [0.5, 0.6) is 11.5 Å². The number of aromatic nitrogens is 3. The van der Waals surface area contributed by atoms with Crippen molar-refractivity contribution in [2.75, 3.05) is 24.3 Å². The number of phenolic OH excluding ortho intramolecular Hbond substituents is 1. The van der Waals surface area contributed by atoms with Gasteiger partial charge in [-0.3, -0.25) is 4.79 Å². The van der Waals surface area contributed by atoms with Crippen LogP contribution in [0.25, 0.3) is 0 Å². The summed E-state index contributed by atoms with van der Waals surface area (Å²) in [6, 6.07) is 26.8. The molecule has 0 saturated carbocycles. The molecule has 4 aromatic carbocycles. The Morgan fingerprint density at radius 3 is 2.18 bits per heavy atom. The van der Waals surface area contributed by atoms with Crippen LogP contribution in [-0.2, 0) is 27.5 Å². The minimum absolute atomic E-state index is 0.0203. The quantitative estimate of drug-likeness (QED) is 0.166. The number of hydrogen-bond donors (Lipinski definition) is 2. The number of sulfone groups is 1. The van der Waals surface area contributed by atoms with Gasteiger partial charge in [0.05, 0.1) is 21.2 Å². The highest BCUT2D eigenvalue weighted by molar-refractivity contribution is 7.91. The summed E-state index contributed by atoms with van der Waals surface area (Å²) in [7, 11) is 0.235. The number of benzene rings is 4. The number of nitrogens with one attached hydrogen (secondary N) is 1. The molecule has 6 rings (SSSR count). The highest BCUT2D eigenvalue weighted by atomic mass is 32.2. The molecule has 2 heterocycles. The van der Waals surface area contributed by atoms with Crippen LogP contribution < -0.4 is 15.0 Å². The van der Waals surface area contributed by atoms with Crippen molar-refractivity contribution in [3.05, 3.63) is 114 Å². The molecule has 0 fully saturated rings. The number of aromatic hydroxyl groups is 1. The number of ether oxygens (including phenoxy) is 1. The number of fused-ring (bicyclic) bond motifs is 1. The number of carbonyl (C=O) groups is 1. The van der Waals surface area contributed by atoms with Gasteiger partial charge in [-0.25, -0.2) is 13.4 Å². The summed E-state index contributed by atoms with van der Waals surface area (Å²) in [4.78, 5) is 19.8. The number of anilines is 2. The first-order valence-electron chi connectivity index (χ1n) is 16.1. The van der Waals surface area contributed by atoms with Crippen molar-refractivity contribution in [1.29, 1.82) is 0 Å². The number of hydrogen-bond acceptors (Lipinski definition) is 10. The Bertz CT molecular complexity index is 2160. The average molecular weight is 692 g/mol. The number of phenols is 1. The molecule has 50 heavy (non-hydrogen) atoms. The van der Waals surface area contributed by atoms with E-state index in [1.165, 1.54) is 48.5 Å². The first-order valence-corrected chi connectivity index (χ1v) is 17.5. The van der Waals surface area contributed by atoms with E-state index in [0.717, 1.165) is 41.3 Å². The Hall–Kier alpha value is -5.82. The van der Waals surface area contributed by atoms with Gasteiger partial charge in [-0.15, -0.1) is 10.2 Å². The smallest absolute Gasteiger partial charge is 0.265 e. The van der Waals surface area contributed by atoms with Gasteiger partial charge < -0.3 is 20.1 Å². The van der Waals surface area contributed by atoms with E-state index in [0.29, 0.717) is 29.4 Å². The molecule has 2 N–H and O–H groups in total. The van der Waals surface area contributed by atoms with E-state index < -0.39 is 15.9 Å². The number of nitrogens with zero attached hydrogens (tertiary/aromatic N) is 6. The molecule has 1 amide bonds. The summed E-state index contributed by atoms with van der Waals surface area (Å²) in [5.41, 5.74) is 5.18. The summed E-state index contributed by atoms with van der Waals surface area (Å²) in [5.74, 6) is 1.41. The van der Waals surface area contributed by atoms with Gasteiger partial charge in [0, 0.05) is 31.9 Å². The van der Waals surface area contributed by atoms with Crippen molar-refractivity contribution in [2.45, 2.75) is 49.0 Å². The number of aryl methyl sites for hydroxylation is 2. The normalized spacial score (nSPS) is 13.8. The van der Waals surface area contributed by atoms with Crippen molar-refractivity contribution in [2.24, 2.45) is 10.1 Å². The van der Waals surface area contributed by atoms with Gasteiger partial charge in [-0.2, -0.15) is 9.78 Å². The van der Waals surface area contributed by atoms with Crippen LogP contribution in [0.15, 0.2) is 117 Å². The minimum Gasteiger partial charge on any atom is -0.508 e. The molecule has 1 unspecified atom stereocenters. The molecule has 256 valence electrons. The summed E-state index contributed by atoms with van der Waals surface area (Å²) in [5, 5.41) is 25.7. The fourth-order valence-corrected chi connectivity index (χ4v) is 6.59. The van der Waals surface area contributed by atoms with Gasteiger partial charge in [0.1, 0.15) is 17.2 Å². The molecular weight excluding hydrogens is 655 g/mol. The minimum atomic E-state index is -3.76. The fourth-order valence-electron chi connectivity index (χ4n) is 5.33. The second kappa shape index (κ2) is 14.3. The van der Waals surface area contributed by atoms with Crippen LogP contribution in [0.2, 0.25) is 0 Å². The maximum atomic E-state index is 12.9. The van der Waals surface area contributed by atoms with E-state index in [-0.39, 0.29) is 21.4 Å². The zero-order valence-electron chi connectivity index (χ0n) is 28.1. The SMILES string of the molecule is CC1=Nn2c(CCCc3ccc(NC(=O)C(C)Oc4ccc(S(=O)(=O)c5ccc(O)cc5)cc4)cc3)nnc2/C1=N\c1ccc(N(C)C)cc1. The Morgan fingerprint density at radius 1 is 0.900 bits per heavy atom. The Kier molecular flexibility index (Phi) is 9.77. The van der Waals surface area contributed by atoms with Crippen molar-refractivity contribution >= 4 is 44.2 Å². The monoisotopic (exact) mass is 691 g/mol. The maximum absolute atomic E-state index is 12.9. The van der Waals surface area contributed by atoms with Gasteiger partial charge in [-0.1, -0.05) is 12.1 Å². The third-order valence-electron chi connectivity index (χ3n) is 8.17. The largest absolute Gasteiger partial charge is 0.508 e. The lowest BCUT2D eigenvalue weighted by Crippen LogP contribution is -2.30. The molecule has 0 bridgehead atoms. The number of aliphatic imine (C=N–C) groups is 1. The molecule has 12 nitrogen and oxygen atoms in total. The highest BCUT2D eigenvalue weighted by Gasteiger charge is 2.25. The molecule has 13 heteroatoms. The molecule has 0 spiro atoms. The van der Waals surface area contributed by atoms with Crippen molar-refractivity contribution in [3.63, 3.8) is 0 Å². The van der Waals surface area contributed by atoms with Gasteiger partial charge in [0.25, 0.3) is 5.91 Å². The van der Waals surface area contributed by atoms with Crippen molar-refractivity contribution in [1.82, 2.24) is 14.9 Å². The first-order chi connectivity index (χ1) is 24.0. The molecular formula is C37H37N7O5S. The zero-order valence-corrected chi connectivity index (χ0v) is 28.9. The van der Waals surface area contributed by atoms with E-state index in [1.54, 1.807) is 11.6 Å². The fraction of sp³-hybridized carbons (Fsp3) is 0.216. The standard InChI is InChI=1S/C37H37N7O5S/c1-24-35(38-27-12-14-29(15-13-27)43(3)4)36-41-40-34(44(36)42-24)7-5-6-26-8-10-28(11-9-26)39-37(46)25(2)49-31-18-22-33(23-19-31)50(47,48)32-20-16-30(45)17-21-32/h8-23,25,45H,5-7H2,1-4H3,(H,39,46)/b38-35-. The molecule has 1 aliphatic heterocycles. The predicted molar refractivity (Wildman–Crippen MR) is 193 cm³/mol. The lowest BCUT2D eigenvalue weighted by atomic mass is 10.1. The number of carbonyl (C=O) groups excluding carboxylic acids is 1. The molecule has 0 aliphatic carbocycles. The molecule has 0 radical (unpaired) electrons. The van der Waals surface area contributed by atoms with E-state index in [2.05, 4.69) is 20.6 Å². The molecule has 1 atom stereocenters. The summed E-state index contributed by atoms with van der Waals surface area (Å²) < 4.78 is 33.3. The van der Waals surface area contributed by atoms with Crippen LogP contribution in [0.3, 0.4) is 0 Å².